The van der Waals surface area contributed by atoms with Gasteiger partial charge in [0.2, 0.25) is 0 Å². The molecule has 1 unspecified atom stereocenters. The summed E-state index contributed by atoms with van der Waals surface area (Å²) in [6, 6.07) is 9.61. The average Bonchev–Trinajstić information content (AvgIpc) is 3.55. The second kappa shape index (κ2) is 8.37. The highest BCUT2D eigenvalue weighted by molar-refractivity contribution is 8.37. The Kier molecular flexibility index (Phi) is 5.88. The topological polar surface area (TPSA) is 117 Å². The molecule has 4 N–H and O–H groups in total. The predicted molar refractivity (Wildman–Crippen MR) is 142 cm³/mol. The number of thioether (sulfide) groups is 1. The van der Waals surface area contributed by atoms with Crippen LogP contribution in [0.3, 0.4) is 0 Å². The van der Waals surface area contributed by atoms with Crippen LogP contribution in [-0.2, 0) is 9.48 Å². The van der Waals surface area contributed by atoms with Crippen LogP contribution >= 0.6 is 22.4 Å². The van der Waals surface area contributed by atoms with Gasteiger partial charge in [-0.2, -0.15) is 10.6 Å². The number of nitrogens with zero attached hydrogens (tertiary/aromatic N) is 4. The van der Waals surface area contributed by atoms with Gasteiger partial charge in [0.25, 0.3) is 0 Å². The maximum Gasteiger partial charge on any atom is 0.161 e. The summed E-state index contributed by atoms with van der Waals surface area (Å²) in [5, 5.41) is 0.888. The number of nitrogen functional groups attached to an aromatic ring is 1. The Morgan fingerprint density at radius 1 is 1.18 bits per heavy atom. The zero-order valence-corrected chi connectivity index (χ0v) is 21.7. The van der Waals surface area contributed by atoms with E-state index in [4.69, 9.17) is 25.4 Å². The van der Waals surface area contributed by atoms with Crippen molar-refractivity contribution in [1.29, 1.82) is 0 Å². The van der Waals surface area contributed by atoms with Gasteiger partial charge in [0.15, 0.2) is 5.82 Å². The van der Waals surface area contributed by atoms with Gasteiger partial charge in [-0.15, -0.1) is 0 Å². The van der Waals surface area contributed by atoms with Crippen LogP contribution in [0, 0.1) is 0 Å². The van der Waals surface area contributed by atoms with Gasteiger partial charge in [-0.1, -0.05) is 11.8 Å². The Balaban J connectivity index is 1.61. The van der Waals surface area contributed by atoms with E-state index in [1.54, 1.807) is 0 Å². The number of nitrogens with two attached hydrogens (primary N) is 1. The van der Waals surface area contributed by atoms with Gasteiger partial charge >= 0.3 is 0 Å². The third-order valence-corrected chi connectivity index (χ3v) is 12.1. The Bertz CT molecular complexity index is 1120. The minimum Gasteiger partial charge on any atom is -0.399 e. The smallest absolute Gasteiger partial charge is 0.161 e. The summed E-state index contributed by atoms with van der Waals surface area (Å²) in [5.41, 5.74) is 7.56. The van der Waals surface area contributed by atoms with Crippen LogP contribution in [0.5, 0.6) is 0 Å². The predicted octanol–water partition coefficient (Wildman–Crippen LogP) is 4.96. The summed E-state index contributed by atoms with van der Waals surface area (Å²) in [5.74, 6) is 1.36. The fraction of sp³-hybridized carbons (Fsp3) is 0.542. The summed E-state index contributed by atoms with van der Waals surface area (Å²) < 4.78 is 28.0. The quantitative estimate of drug-likeness (QED) is 0.490. The van der Waals surface area contributed by atoms with E-state index in [-0.39, 0.29) is 6.04 Å². The molecule has 0 bridgehead atoms. The molecule has 34 heavy (non-hydrogen) atoms. The highest BCUT2D eigenvalue weighted by Crippen LogP contribution is 2.77. The number of rotatable bonds is 5. The molecule has 0 amide bonds. The van der Waals surface area contributed by atoms with Gasteiger partial charge < -0.3 is 15.4 Å². The van der Waals surface area contributed by atoms with Crippen LogP contribution in [0.25, 0.3) is 11.4 Å². The SMILES string of the molecule is CC1=NC(C)(C)C(S(O)(O)C2(c3cc(N4CCOC[C@@H]4C)nc(-c4ccc(N)cc4)n3)CC2)S1. The molecule has 0 radical (unpaired) electrons. The molecule has 1 aromatic carbocycles. The third kappa shape index (κ3) is 3.99. The molecule has 2 fully saturated rings. The van der Waals surface area contributed by atoms with E-state index in [9.17, 15) is 9.11 Å². The van der Waals surface area contributed by atoms with E-state index in [1.165, 1.54) is 11.8 Å². The molecule has 10 heteroatoms. The lowest BCUT2D eigenvalue weighted by Crippen LogP contribution is -2.44. The van der Waals surface area contributed by atoms with Crippen LogP contribution < -0.4 is 10.6 Å². The lowest BCUT2D eigenvalue weighted by Gasteiger charge is -2.48. The zero-order valence-electron chi connectivity index (χ0n) is 20.1. The molecule has 1 saturated heterocycles. The summed E-state index contributed by atoms with van der Waals surface area (Å²) >= 11 is 1.48. The molecule has 1 saturated carbocycles. The normalized spacial score (nSPS) is 26.3. The number of aromatic nitrogens is 2. The maximum absolute atomic E-state index is 11.8. The second-order valence-electron chi connectivity index (χ2n) is 10.00. The van der Waals surface area contributed by atoms with Crippen molar-refractivity contribution in [2.24, 2.45) is 4.99 Å². The van der Waals surface area contributed by atoms with E-state index < -0.39 is 25.5 Å². The molecule has 2 atom stereocenters. The van der Waals surface area contributed by atoms with Crippen molar-refractivity contribution < 1.29 is 13.8 Å². The number of hydrogen-bond donors (Lipinski definition) is 3. The lowest BCUT2D eigenvalue weighted by molar-refractivity contribution is 0.0985. The van der Waals surface area contributed by atoms with Crippen molar-refractivity contribution in [3.8, 4) is 11.4 Å². The highest BCUT2D eigenvalue weighted by atomic mass is 32.3. The minimum atomic E-state index is -3.09. The van der Waals surface area contributed by atoms with E-state index in [0.717, 1.165) is 23.0 Å². The number of aliphatic imine (C=N–C) groups is 1. The molecular weight excluding hydrogens is 470 g/mol. The minimum absolute atomic E-state index is 0.159. The highest BCUT2D eigenvalue weighted by Gasteiger charge is 2.62. The molecule has 3 aliphatic rings. The summed E-state index contributed by atoms with van der Waals surface area (Å²) in [6.45, 7) is 9.98. The number of ether oxygens (including phenoxy) is 1. The lowest BCUT2D eigenvalue weighted by atomic mass is 10.1. The van der Waals surface area contributed by atoms with Crippen LogP contribution in [0.1, 0.15) is 46.2 Å². The van der Waals surface area contributed by atoms with Crippen LogP contribution in [0.4, 0.5) is 11.5 Å². The van der Waals surface area contributed by atoms with Crippen LogP contribution in [0.2, 0.25) is 0 Å². The van der Waals surface area contributed by atoms with Crippen molar-refractivity contribution >= 4 is 38.9 Å². The van der Waals surface area contributed by atoms with Gasteiger partial charge in [-0.05, 0) is 64.8 Å². The van der Waals surface area contributed by atoms with Crippen molar-refractivity contribution in [2.75, 3.05) is 30.4 Å². The molecule has 5 rings (SSSR count). The Morgan fingerprint density at radius 3 is 2.47 bits per heavy atom. The van der Waals surface area contributed by atoms with Crippen molar-refractivity contribution in [3.63, 3.8) is 0 Å². The second-order valence-corrected chi connectivity index (χ2v) is 14.0. The van der Waals surface area contributed by atoms with Crippen LogP contribution in [0.15, 0.2) is 35.3 Å². The number of benzene rings is 1. The maximum atomic E-state index is 11.8. The van der Waals surface area contributed by atoms with E-state index in [2.05, 4.69) is 11.8 Å². The van der Waals surface area contributed by atoms with Crippen molar-refractivity contribution in [3.05, 3.63) is 36.0 Å². The van der Waals surface area contributed by atoms with Gasteiger partial charge in [0, 0.05) is 23.9 Å². The first-order chi connectivity index (χ1) is 16.0. The summed E-state index contributed by atoms with van der Waals surface area (Å²) in [6.07, 6.45) is 1.36. The molecule has 3 heterocycles. The van der Waals surface area contributed by atoms with E-state index >= 15 is 0 Å². The fourth-order valence-electron chi connectivity index (χ4n) is 4.93. The molecule has 1 aromatic heterocycles. The molecule has 2 aromatic rings. The number of hydrogen-bond acceptors (Lipinski definition) is 9. The van der Waals surface area contributed by atoms with E-state index in [0.29, 0.717) is 43.3 Å². The summed E-state index contributed by atoms with van der Waals surface area (Å²) in [4.78, 5) is 16.8. The third-order valence-electron chi connectivity index (χ3n) is 6.89. The van der Waals surface area contributed by atoms with Gasteiger partial charge in [0.05, 0.1) is 35.5 Å². The van der Waals surface area contributed by atoms with Gasteiger partial charge in [-0.3, -0.25) is 14.1 Å². The van der Waals surface area contributed by atoms with Gasteiger partial charge in [-0.25, -0.2) is 9.97 Å². The Hall–Kier alpha value is -1.85. The van der Waals surface area contributed by atoms with E-state index in [1.807, 2.05) is 51.1 Å². The van der Waals surface area contributed by atoms with Crippen molar-refractivity contribution in [2.45, 2.75) is 61.4 Å². The Labute approximate surface area is 206 Å². The Morgan fingerprint density at radius 2 is 1.88 bits per heavy atom. The molecule has 0 spiro atoms. The first-order valence-electron chi connectivity index (χ1n) is 11.6. The largest absolute Gasteiger partial charge is 0.399 e. The molecule has 2 aliphatic heterocycles. The number of anilines is 2. The average molecular weight is 504 g/mol. The van der Waals surface area contributed by atoms with Crippen LogP contribution in [-0.4, -0.2) is 60.0 Å². The molecule has 1 aliphatic carbocycles. The number of morpholine rings is 1. The standard InChI is InChI=1S/C24H33N5O3S2/c1-15-14-32-12-11-29(15)20-13-19(26-21(27-20)17-5-7-18(25)8-6-17)24(9-10-24)34(30,31)22-23(3,4)28-16(2)33-22/h5-8,13,15,22,30-31H,9-12,14,25H2,1-4H3/t15-,22?/m0/s1. The first-order valence-corrected chi connectivity index (χ1v) is 14.1. The van der Waals surface area contributed by atoms with Crippen molar-refractivity contribution in [1.82, 2.24) is 9.97 Å². The summed E-state index contributed by atoms with van der Waals surface area (Å²) in [7, 11) is -3.09. The first kappa shape index (κ1) is 23.9. The molecule has 8 nitrogen and oxygen atoms in total. The molecule has 184 valence electrons. The molecular formula is C24H33N5O3S2. The monoisotopic (exact) mass is 503 g/mol. The zero-order chi connectivity index (χ0) is 24.3. The fourth-order valence-corrected chi connectivity index (χ4v) is 9.75. The van der Waals surface area contributed by atoms with Gasteiger partial charge in [0.1, 0.15) is 15.1 Å².